The van der Waals surface area contributed by atoms with Gasteiger partial charge in [-0.05, 0) is 66.6 Å². The number of hydrogen-bond acceptors (Lipinski definition) is 3. The fourth-order valence-corrected chi connectivity index (χ4v) is 3.20. The van der Waals surface area contributed by atoms with Crippen molar-refractivity contribution in [3.05, 3.63) is 53.6 Å². The molecule has 0 aromatic heterocycles. The van der Waals surface area contributed by atoms with E-state index in [9.17, 15) is 4.79 Å². The molecular weight excluding hydrogens is 314 g/mol. The van der Waals surface area contributed by atoms with Gasteiger partial charge in [0.25, 0.3) is 5.91 Å². The average Bonchev–Trinajstić information content (AvgIpc) is 2.67. The van der Waals surface area contributed by atoms with Crippen molar-refractivity contribution in [2.75, 3.05) is 26.9 Å². The highest BCUT2D eigenvalue weighted by Gasteiger charge is 2.15. The van der Waals surface area contributed by atoms with Gasteiger partial charge < -0.3 is 14.8 Å². The summed E-state index contributed by atoms with van der Waals surface area (Å²) in [6.07, 6.45) is 2.20. The summed E-state index contributed by atoms with van der Waals surface area (Å²) >= 11 is 0. The molecular formula is C21H25NO3. The Labute approximate surface area is 149 Å². The maximum absolute atomic E-state index is 12.3. The molecule has 0 aliphatic carbocycles. The molecule has 0 unspecified atom stereocenters. The SMILES string of the molecule is COc1ccc(-c2ccc(C(=O)NC[C@@H]3CCCOC3)cc2)c(C)c1. The lowest BCUT2D eigenvalue weighted by Crippen LogP contribution is -2.33. The molecule has 1 amide bonds. The molecule has 1 heterocycles. The van der Waals surface area contributed by atoms with Gasteiger partial charge in [0.05, 0.1) is 13.7 Å². The first kappa shape index (κ1) is 17.5. The number of carbonyl (C=O) groups excluding carboxylic acids is 1. The molecule has 25 heavy (non-hydrogen) atoms. The Hall–Kier alpha value is -2.33. The van der Waals surface area contributed by atoms with E-state index in [1.807, 2.05) is 42.5 Å². The van der Waals surface area contributed by atoms with E-state index in [4.69, 9.17) is 9.47 Å². The summed E-state index contributed by atoms with van der Waals surface area (Å²) in [5, 5.41) is 3.02. The van der Waals surface area contributed by atoms with Gasteiger partial charge in [0.1, 0.15) is 5.75 Å². The summed E-state index contributed by atoms with van der Waals surface area (Å²) < 4.78 is 10.7. The predicted molar refractivity (Wildman–Crippen MR) is 99.0 cm³/mol. The molecule has 3 rings (SSSR count). The fraction of sp³-hybridized carbons (Fsp3) is 0.381. The van der Waals surface area contributed by atoms with Crippen molar-refractivity contribution < 1.29 is 14.3 Å². The van der Waals surface area contributed by atoms with Crippen molar-refractivity contribution in [3.8, 4) is 16.9 Å². The molecule has 4 heteroatoms. The van der Waals surface area contributed by atoms with E-state index in [0.29, 0.717) is 18.0 Å². The van der Waals surface area contributed by atoms with Crippen molar-refractivity contribution in [2.45, 2.75) is 19.8 Å². The summed E-state index contributed by atoms with van der Waals surface area (Å²) in [5.41, 5.74) is 4.07. The number of methoxy groups -OCH3 is 1. The summed E-state index contributed by atoms with van der Waals surface area (Å²) in [4.78, 5) is 12.3. The minimum atomic E-state index is -0.0245. The van der Waals surface area contributed by atoms with Crippen LogP contribution >= 0.6 is 0 Å². The zero-order chi connectivity index (χ0) is 17.6. The highest BCUT2D eigenvalue weighted by atomic mass is 16.5. The molecule has 1 aliphatic heterocycles. The van der Waals surface area contributed by atoms with Crippen LogP contribution in [-0.4, -0.2) is 32.8 Å². The van der Waals surface area contributed by atoms with E-state index in [1.54, 1.807) is 7.11 Å². The van der Waals surface area contributed by atoms with Crippen molar-refractivity contribution in [2.24, 2.45) is 5.92 Å². The third-order valence-electron chi connectivity index (χ3n) is 4.70. The number of hydrogen-bond donors (Lipinski definition) is 1. The second-order valence-electron chi connectivity index (χ2n) is 6.55. The first-order chi connectivity index (χ1) is 12.2. The van der Waals surface area contributed by atoms with Crippen LogP contribution in [0.2, 0.25) is 0 Å². The Kier molecular flexibility index (Phi) is 5.71. The number of carbonyl (C=O) groups is 1. The fourth-order valence-electron chi connectivity index (χ4n) is 3.20. The van der Waals surface area contributed by atoms with Gasteiger partial charge in [0.15, 0.2) is 0 Å². The molecule has 0 bridgehead atoms. The topological polar surface area (TPSA) is 47.6 Å². The van der Waals surface area contributed by atoms with E-state index >= 15 is 0 Å². The Bertz CT molecular complexity index is 718. The van der Waals surface area contributed by atoms with Crippen molar-refractivity contribution in [1.82, 2.24) is 5.32 Å². The van der Waals surface area contributed by atoms with Crippen molar-refractivity contribution in [3.63, 3.8) is 0 Å². The van der Waals surface area contributed by atoms with Crippen LogP contribution in [0, 0.1) is 12.8 Å². The molecule has 2 aromatic carbocycles. The van der Waals surface area contributed by atoms with Crippen LogP contribution in [0.5, 0.6) is 5.75 Å². The lowest BCUT2D eigenvalue weighted by Gasteiger charge is -2.22. The molecule has 1 N–H and O–H groups in total. The maximum atomic E-state index is 12.3. The van der Waals surface area contributed by atoms with Gasteiger partial charge in [-0.3, -0.25) is 4.79 Å². The molecule has 132 valence electrons. The molecule has 0 saturated carbocycles. The average molecular weight is 339 g/mol. The van der Waals surface area contributed by atoms with E-state index < -0.39 is 0 Å². The van der Waals surface area contributed by atoms with Crippen molar-refractivity contribution in [1.29, 1.82) is 0 Å². The summed E-state index contributed by atoms with van der Waals surface area (Å²) in [5.74, 6) is 1.26. The predicted octanol–water partition coefficient (Wildman–Crippen LogP) is 3.83. The zero-order valence-corrected chi connectivity index (χ0v) is 14.9. The third-order valence-corrected chi connectivity index (χ3v) is 4.70. The van der Waals surface area contributed by atoms with E-state index in [1.165, 1.54) is 0 Å². The van der Waals surface area contributed by atoms with Gasteiger partial charge in [-0.2, -0.15) is 0 Å². The smallest absolute Gasteiger partial charge is 0.251 e. The standard InChI is InChI=1S/C21H25NO3/c1-15-12-19(24-2)9-10-20(15)17-5-7-18(8-6-17)21(23)22-13-16-4-3-11-25-14-16/h5-10,12,16H,3-4,11,13-14H2,1-2H3,(H,22,23)/t16-/m0/s1. The Morgan fingerprint density at radius 2 is 2.04 bits per heavy atom. The number of ether oxygens (including phenoxy) is 2. The molecule has 1 fully saturated rings. The Balaban J connectivity index is 1.64. The molecule has 2 aromatic rings. The number of nitrogens with one attached hydrogen (secondary N) is 1. The van der Waals surface area contributed by atoms with E-state index in [-0.39, 0.29) is 5.91 Å². The number of aryl methyl sites for hydroxylation is 1. The van der Waals surface area contributed by atoms with Crippen LogP contribution in [0.15, 0.2) is 42.5 Å². The normalized spacial score (nSPS) is 17.1. The highest BCUT2D eigenvalue weighted by molar-refractivity contribution is 5.94. The number of benzene rings is 2. The highest BCUT2D eigenvalue weighted by Crippen LogP contribution is 2.27. The van der Waals surface area contributed by atoms with Gasteiger partial charge in [0.2, 0.25) is 0 Å². The monoisotopic (exact) mass is 339 g/mol. The summed E-state index contributed by atoms with van der Waals surface area (Å²) in [6.45, 7) is 4.33. The molecule has 4 nitrogen and oxygen atoms in total. The Morgan fingerprint density at radius 3 is 2.68 bits per heavy atom. The van der Waals surface area contributed by atoms with Gasteiger partial charge >= 0.3 is 0 Å². The molecule has 1 aliphatic rings. The van der Waals surface area contributed by atoms with Gasteiger partial charge in [-0.25, -0.2) is 0 Å². The first-order valence-corrected chi connectivity index (χ1v) is 8.78. The first-order valence-electron chi connectivity index (χ1n) is 8.78. The molecule has 0 spiro atoms. The lowest BCUT2D eigenvalue weighted by molar-refractivity contribution is 0.0536. The summed E-state index contributed by atoms with van der Waals surface area (Å²) in [6, 6.07) is 13.8. The zero-order valence-electron chi connectivity index (χ0n) is 14.9. The van der Waals surface area contributed by atoms with Gasteiger partial charge in [0, 0.05) is 18.7 Å². The number of amides is 1. The largest absolute Gasteiger partial charge is 0.497 e. The van der Waals surface area contributed by atoms with Gasteiger partial charge in [-0.15, -0.1) is 0 Å². The quantitative estimate of drug-likeness (QED) is 0.901. The molecule has 1 atom stereocenters. The van der Waals surface area contributed by atoms with Crippen LogP contribution < -0.4 is 10.1 Å². The Morgan fingerprint density at radius 1 is 1.24 bits per heavy atom. The van der Waals surface area contributed by atoms with Crippen LogP contribution in [0.1, 0.15) is 28.8 Å². The third kappa shape index (κ3) is 4.40. The second kappa shape index (κ2) is 8.17. The summed E-state index contributed by atoms with van der Waals surface area (Å²) in [7, 11) is 1.67. The second-order valence-corrected chi connectivity index (χ2v) is 6.55. The molecule has 1 saturated heterocycles. The van der Waals surface area contributed by atoms with E-state index in [0.717, 1.165) is 48.5 Å². The van der Waals surface area contributed by atoms with Crippen LogP contribution in [0.3, 0.4) is 0 Å². The van der Waals surface area contributed by atoms with E-state index in [2.05, 4.69) is 12.2 Å². The lowest BCUT2D eigenvalue weighted by atomic mass is 9.99. The maximum Gasteiger partial charge on any atom is 0.251 e. The molecule has 0 radical (unpaired) electrons. The van der Waals surface area contributed by atoms with Crippen LogP contribution in [0.4, 0.5) is 0 Å². The minimum absolute atomic E-state index is 0.0245. The van der Waals surface area contributed by atoms with Crippen LogP contribution in [0.25, 0.3) is 11.1 Å². The number of rotatable bonds is 5. The van der Waals surface area contributed by atoms with Gasteiger partial charge in [-0.1, -0.05) is 18.2 Å². The van der Waals surface area contributed by atoms with Crippen LogP contribution in [-0.2, 0) is 4.74 Å². The van der Waals surface area contributed by atoms with Crippen molar-refractivity contribution >= 4 is 5.91 Å². The minimum Gasteiger partial charge on any atom is -0.497 e.